The van der Waals surface area contributed by atoms with Gasteiger partial charge in [-0.1, -0.05) is 24.3 Å². The van der Waals surface area contributed by atoms with Crippen molar-refractivity contribution in [3.8, 4) is 33.3 Å². The molecule has 2 heterocycles. The Kier molecular flexibility index (Phi) is 7.69. The zero-order chi connectivity index (χ0) is 30.3. The summed E-state index contributed by atoms with van der Waals surface area (Å²) in [6.45, 7) is 0. The number of ether oxygens (including phenoxy) is 1. The predicted octanol–water partition coefficient (Wildman–Crippen LogP) is 6.26. The van der Waals surface area contributed by atoms with Crippen LogP contribution in [-0.4, -0.2) is 37.5 Å². The first-order valence-corrected chi connectivity index (χ1v) is 15.9. The third-order valence-corrected chi connectivity index (χ3v) is 9.19. The Balaban J connectivity index is 1.52. The highest BCUT2D eigenvalue weighted by molar-refractivity contribution is 7.95. The van der Waals surface area contributed by atoms with Crippen LogP contribution in [0.15, 0.2) is 77.0 Å². The van der Waals surface area contributed by atoms with Crippen LogP contribution >= 0.6 is 11.3 Å². The van der Waals surface area contributed by atoms with Crippen LogP contribution in [0.5, 0.6) is 5.75 Å². The largest absolute Gasteiger partial charge is 0.497 e. The molecule has 12 heteroatoms. The summed E-state index contributed by atoms with van der Waals surface area (Å²) in [5.74, 6) is -0.460. The molecule has 9 nitrogen and oxygen atoms in total. The Morgan fingerprint density at radius 3 is 2.56 bits per heavy atom. The number of halogens is 1. The summed E-state index contributed by atoms with van der Waals surface area (Å²) in [5, 5.41) is 21.8. The molecule has 0 aliphatic heterocycles. The van der Waals surface area contributed by atoms with Gasteiger partial charge in [0.25, 0.3) is 0 Å². The lowest BCUT2D eigenvalue weighted by molar-refractivity contribution is 0.0691. The molecule has 0 saturated heterocycles. The molecule has 0 amide bonds. The topological polar surface area (TPSA) is 141 Å². The van der Waals surface area contributed by atoms with Gasteiger partial charge in [0.15, 0.2) is 5.69 Å². The van der Waals surface area contributed by atoms with Crippen molar-refractivity contribution in [1.29, 1.82) is 0 Å². The number of aromatic carboxylic acids is 1. The van der Waals surface area contributed by atoms with Crippen molar-refractivity contribution in [1.82, 2.24) is 14.8 Å². The maximum absolute atomic E-state index is 15.2. The highest BCUT2D eigenvalue weighted by atomic mass is 32.3. The van der Waals surface area contributed by atoms with E-state index in [0.29, 0.717) is 52.0 Å². The molecular weight excluding hydrogens is 591 g/mol. The van der Waals surface area contributed by atoms with E-state index < -0.39 is 22.2 Å². The monoisotopic (exact) mass is 619 g/mol. The first-order valence-electron chi connectivity index (χ1n) is 13.5. The van der Waals surface area contributed by atoms with Gasteiger partial charge < -0.3 is 9.84 Å². The molecule has 1 fully saturated rings. The number of carbonyl (C=O) groups is 1. The van der Waals surface area contributed by atoms with Gasteiger partial charge >= 0.3 is 16.4 Å². The van der Waals surface area contributed by atoms with Crippen molar-refractivity contribution < 1.29 is 27.8 Å². The van der Waals surface area contributed by atoms with Crippen LogP contribution in [0.3, 0.4) is 0 Å². The molecule has 5 aromatic rings. The summed E-state index contributed by atoms with van der Waals surface area (Å²) in [6, 6.07) is 18.6. The molecule has 6 rings (SSSR count). The van der Waals surface area contributed by atoms with Crippen LogP contribution in [0.4, 0.5) is 4.39 Å². The van der Waals surface area contributed by atoms with Gasteiger partial charge in [0.05, 0.1) is 18.5 Å². The van der Waals surface area contributed by atoms with Crippen molar-refractivity contribution >= 4 is 27.7 Å². The fourth-order valence-electron chi connectivity index (χ4n) is 5.02. The molecule has 2 aromatic heterocycles. The molecule has 1 aliphatic rings. The van der Waals surface area contributed by atoms with Gasteiger partial charge in [-0.3, -0.25) is 0 Å². The molecule has 220 valence electrons. The zero-order valence-corrected chi connectivity index (χ0v) is 24.7. The average molecular weight is 620 g/mol. The summed E-state index contributed by atoms with van der Waals surface area (Å²) >= 11 is 1.19. The first kappa shape index (κ1) is 28.9. The van der Waals surface area contributed by atoms with E-state index in [4.69, 9.17) is 15.0 Å². The molecule has 0 bridgehead atoms. The SMILES string of the molecule is COc1cccc(-c2cc(-c3nn(-c4nc(C(=O)O)cs4)c(CC4CC4)c3Cc3ccc([S+](N)(=O)O)cc3)ccc2F)c1. The van der Waals surface area contributed by atoms with E-state index in [0.717, 1.165) is 29.7 Å². The molecule has 1 aliphatic carbocycles. The summed E-state index contributed by atoms with van der Waals surface area (Å²) in [6.07, 6.45) is 3.27. The molecule has 1 unspecified atom stereocenters. The van der Waals surface area contributed by atoms with Crippen molar-refractivity contribution in [3.63, 3.8) is 0 Å². The summed E-state index contributed by atoms with van der Waals surface area (Å²) in [7, 11) is -2.05. The fraction of sp³-hybridized carbons (Fsp3) is 0.194. The van der Waals surface area contributed by atoms with Gasteiger partial charge in [-0.15, -0.1) is 16.5 Å². The van der Waals surface area contributed by atoms with E-state index in [-0.39, 0.29) is 10.6 Å². The number of benzene rings is 3. The van der Waals surface area contributed by atoms with Gasteiger partial charge in [-0.25, -0.2) is 18.9 Å². The minimum atomic E-state index is -3.60. The lowest BCUT2D eigenvalue weighted by Crippen LogP contribution is -2.20. The van der Waals surface area contributed by atoms with Crippen LogP contribution in [-0.2, 0) is 27.5 Å². The molecule has 3 aromatic carbocycles. The van der Waals surface area contributed by atoms with E-state index in [2.05, 4.69) is 4.98 Å². The Morgan fingerprint density at radius 2 is 1.91 bits per heavy atom. The van der Waals surface area contributed by atoms with Crippen molar-refractivity contribution in [3.05, 3.63) is 100 Å². The average Bonchev–Trinajstić information content (AvgIpc) is 3.55. The highest BCUT2D eigenvalue weighted by Crippen LogP contribution is 2.39. The van der Waals surface area contributed by atoms with E-state index in [1.807, 2.05) is 6.07 Å². The molecule has 0 radical (unpaired) electrons. The number of hydrogen-bond acceptors (Lipinski definition) is 6. The van der Waals surface area contributed by atoms with Gasteiger partial charge in [-0.05, 0) is 83.0 Å². The van der Waals surface area contributed by atoms with Crippen LogP contribution in [0, 0.1) is 11.7 Å². The maximum Gasteiger partial charge on any atom is 0.355 e. The minimum absolute atomic E-state index is 0.0666. The molecule has 43 heavy (non-hydrogen) atoms. The Hall–Kier alpha value is -4.23. The smallest absolute Gasteiger partial charge is 0.355 e. The number of aromatic nitrogens is 3. The number of rotatable bonds is 10. The van der Waals surface area contributed by atoms with Gasteiger partial charge in [0, 0.05) is 28.5 Å². The Bertz CT molecular complexity index is 1880. The second-order valence-corrected chi connectivity index (χ2v) is 12.9. The summed E-state index contributed by atoms with van der Waals surface area (Å²) < 4.78 is 44.0. The first-order chi connectivity index (χ1) is 20.6. The zero-order valence-electron chi connectivity index (χ0n) is 23.1. The van der Waals surface area contributed by atoms with Crippen LogP contribution in [0.25, 0.3) is 27.5 Å². The van der Waals surface area contributed by atoms with Crippen LogP contribution in [0.2, 0.25) is 0 Å². The second-order valence-electron chi connectivity index (χ2n) is 10.5. The number of hydrogen-bond donors (Lipinski definition) is 3. The number of methoxy groups -OCH3 is 1. The highest BCUT2D eigenvalue weighted by Gasteiger charge is 2.30. The number of carboxylic acids is 1. The predicted molar refractivity (Wildman–Crippen MR) is 162 cm³/mol. The van der Waals surface area contributed by atoms with Gasteiger partial charge in [0.2, 0.25) is 10.0 Å². The number of nitrogens with two attached hydrogens (primary N) is 1. The summed E-state index contributed by atoms with van der Waals surface area (Å²) in [5.41, 5.74) is 4.88. The molecular formula is C31H28FN4O5S2+. The van der Waals surface area contributed by atoms with Crippen LogP contribution < -0.4 is 9.88 Å². The lowest BCUT2D eigenvalue weighted by atomic mass is 9.95. The van der Waals surface area contributed by atoms with E-state index >= 15 is 4.39 Å². The van der Waals surface area contributed by atoms with Gasteiger partial charge in [0.1, 0.15) is 11.6 Å². The van der Waals surface area contributed by atoms with Crippen LogP contribution in [0.1, 0.15) is 40.2 Å². The molecule has 1 saturated carbocycles. The minimum Gasteiger partial charge on any atom is -0.497 e. The van der Waals surface area contributed by atoms with Crippen molar-refractivity contribution in [2.45, 2.75) is 30.6 Å². The molecule has 1 atom stereocenters. The number of thiazole rings is 1. The molecule has 0 spiro atoms. The number of carboxylic acid groups (broad SMARTS) is 1. The quantitative estimate of drug-likeness (QED) is 0.157. The number of nitrogens with zero attached hydrogens (tertiary/aromatic N) is 3. The molecule has 4 N–H and O–H groups in total. The van der Waals surface area contributed by atoms with Crippen molar-refractivity contribution in [2.75, 3.05) is 7.11 Å². The summed E-state index contributed by atoms with van der Waals surface area (Å²) in [4.78, 5) is 16.1. The third-order valence-electron chi connectivity index (χ3n) is 7.42. The standard InChI is InChI=1S/C31H27FN4O5S2/c1-41-22-4-2-3-20(15-22)24-16-21(9-12-26(24)32)29-25(13-18-7-10-23(11-8-18)43(33,39)40)28(14-19-5-6-19)36(35-29)31-34-27(17-42-31)30(37)38/h2-4,7-12,15-17,19H,5-6,13-14H2,1H3,(H3-,33,37,38,39,40)/p+1. The Labute approximate surface area is 252 Å². The second kappa shape index (κ2) is 11.5. The van der Waals surface area contributed by atoms with Crippen molar-refractivity contribution in [2.24, 2.45) is 11.1 Å². The van der Waals surface area contributed by atoms with E-state index in [1.165, 1.54) is 34.9 Å². The lowest BCUT2D eigenvalue weighted by Gasteiger charge is -2.11. The third kappa shape index (κ3) is 6.13. The van der Waals surface area contributed by atoms with E-state index in [9.17, 15) is 18.7 Å². The Morgan fingerprint density at radius 1 is 1.14 bits per heavy atom. The van der Waals surface area contributed by atoms with Gasteiger partial charge in [-0.2, -0.15) is 9.65 Å². The normalized spacial score (nSPS) is 14.4. The maximum atomic E-state index is 15.2. The fourth-order valence-corrected chi connectivity index (χ4v) is 6.32. The van der Waals surface area contributed by atoms with E-state index in [1.54, 1.807) is 54.3 Å².